The Hall–Kier alpha value is 0.430. The summed E-state index contributed by atoms with van der Waals surface area (Å²) >= 11 is 6.50. The van der Waals surface area contributed by atoms with E-state index in [-0.39, 0.29) is 5.97 Å². The number of carbonyl (C=O) groups excluding carboxylic acids is 1. The molecule has 0 aromatic rings. The van der Waals surface area contributed by atoms with Gasteiger partial charge >= 0.3 is 5.97 Å². The summed E-state index contributed by atoms with van der Waals surface area (Å²) in [4.78, 5) is 11.1. The van der Waals surface area contributed by atoms with Crippen molar-refractivity contribution in [3.05, 3.63) is 0 Å². The highest BCUT2D eigenvalue weighted by atomic mass is 79.9. The molecule has 0 rings (SSSR count). The van der Waals surface area contributed by atoms with Gasteiger partial charge in [-0.05, 0) is 13.3 Å². The van der Waals surface area contributed by atoms with Crippen molar-refractivity contribution >= 4 is 37.8 Å². The molecular weight excluding hydrogens is 276 g/mol. The molecule has 0 aliphatic carbocycles. The molecule has 0 fully saturated rings. The highest BCUT2D eigenvalue weighted by Gasteiger charge is 2.32. The van der Waals surface area contributed by atoms with Crippen molar-refractivity contribution < 1.29 is 9.53 Å². The minimum Gasteiger partial charge on any atom is -0.464 e. The van der Waals surface area contributed by atoms with Crippen LogP contribution in [-0.2, 0) is 9.53 Å². The van der Waals surface area contributed by atoms with Crippen LogP contribution in [0.3, 0.4) is 0 Å². The number of carbonyl (C=O) groups is 1. The molecule has 0 aromatic carbocycles. The van der Waals surface area contributed by atoms with Crippen molar-refractivity contribution in [2.45, 2.75) is 29.9 Å². The van der Waals surface area contributed by atoms with Crippen molar-refractivity contribution in [1.29, 1.82) is 0 Å². The first-order chi connectivity index (χ1) is 5.04. The van der Waals surface area contributed by atoms with Gasteiger partial charge in [0.25, 0.3) is 0 Å². The summed E-state index contributed by atoms with van der Waals surface area (Å²) in [5.41, 5.74) is 0. The van der Waals surface area contributed by atoms with Gasteiger partial charge in [0.2, 0.25) is 0 Å². The molecule has 0 bridgehead atoms. The van der Waals surface area contributed by atoms with E-state index in [1.165, 1.54) is 0 Å². The van der Waals surface area contributed by atoms with Gasteiger partial charge in [-0.15, -0.1) is 0 Å². The van der Waals surface area contributed by atoms with Crippen molar-refractivity contribution in [2.24, 2.45) is 0 Å². The Morgan fingerprint density at radius 2 is 2.00 bits per heavy atom. The molecule has 0 amide bonds. The molecule has 66 valence electrons. The average molecular weight is 288 g/mol. The highest BCUT2D eigenvalue weighted by Crippen LogP contribution is 2.32. The molecule has 0 radical (unpaired) electrons. The Bertz CT molecular complexity index is 134. The lowest BCUT2D eigenvalue weighted by Crippen LogP contribution is -2.26. The number of halogens is 2. The Labute approximate surface area is 83.9 Å². The van der Waals surface area contributed by atoms with Gasteiger partial charge in [-0.1, -0.05) is 45.2 Å². The average Bonchev–Trinajstić information content (AvgIpc) is 1.88. The molecule has 2 nitrogen and oxygen atoms in total. The van der Waals surface area contributed by atoms with Crippen molar-refractivity contribution in [1.82, 2.24) is 0 Å². The second-order valence-electron chi connectivity index (χ2n) is 2.17. The standard InChI is InChI=1S/C7H12Br2O2/c1-3-5-7(8,9)6(10)11-4-2/h3-5H2,1-2H3. The van der Waals surface area contributed by atoms with Crippen LogP contribution in [0.5, 0.6) is 0 Å². The van der Waals surface area contributed by atoms with Crippen molar-refractivity contribution in [3.8, 4) is 0 Å². The van der Waals surface area contributed by atoms with Gasteiger partial charge in [-0.25, -0.2) is 4.79 Å². The van der Waals surface area contributed by atoms with Gasteiger partial charge in [0.15, 0.2) is 3.23 Å². The van der Waals surface area contributed by atoms with Crippen molar-refractivity contribution in [3.63, 3.8) is 0 Å². The maximum absolute atomic E-state index is 11.1. The smallest absolute Gasteiger partial charge is 0.333 e. The van der Waals surface area contributed by atoms with Gasteiger partial charge in [0.05, 0.1) is 6.61 Å². The van der Waals surface area contributed by atoms with Gasteiger partial charge in [-0.2, -0.15) is 0 Å². The van der Waals surface area contributed by atoms with E-state index in [2.05, 4.69) is 31.9 Å². The van der Waals surface area contributed by atoms with Crippen LogP contribution in [0.25, 0.3) is 0 Å². The molecule has 11 heavy (non-hydrogen) atoms. The molecule has 4 heteroatoms. The molecule has 0 aromatic heterocycles. The van der Waals surface area contributed by atoms with E-state index in [0.29, 0.717) is 6.61 Å². The van der Waals surface area contributed by atoms with E-state index in [9.17, 15) is 4.79 Å². The largest absolute Gasteiger partial charge is 0.464 e. The fourth-order valence-corrected chi connectivity index (χ4v) is 1.67. The minimum absolute atomic E-state index is 0.248. The number of ether oxygens (including phenoxy) is 1. The lowest BCUT2D eigenvalue weighted by atomic mass is 10.2. The molecule has 0 spiro atoms. The minimum atomic E-state index is -0.676. The third-order valence-electron chi connectivity index (χ3n) is 1.14. The van der Waals surface area contributed by atoms with Crippen LogP contribution in [0.15, 0.2) is 0 Å². The maximum Gasteiger partial charge on any atom is 0.333 e. The summed E-state index contributed by atoms with van der Waals surface area (Å²) in [7, 11) is 0. The van der Waals surface area contributed by atoms with Crippen LogP contribution in [0, 0.1) is 0 Å². The van der Waals surface area contributed by atoms with E-state index in [1.807, 2.05) is 6.92 Å². The fourth-order valence-electron chi connectivity index (χ4n) is 0.653. The van der Waals surface area contributed by atoms with E-state index >= 15 is 0 Å². The molecule has 0 aliphatic heterocycles. The Morgan fingerprint density at radius 1 is 1.45 bits per heavy atom. The summed E-state index contributed by atoms with van der Waals surface area (Å²) in [5.74, 6) is -0.248. The van der Waals surface area contributed by atoms with E-state index in [4.69, 9.17) is 4.74 Å². The first-order valence-corrected chi connectivity index (χ1v) is 5.18. The van der Waals surface area contributed by atoms with E-state index < -0.39 is 3.23 Å². The summed E-state index contributed by atoms with van der Waals surface area (Å²) in [6, 6.07) is 0. The first kappa shape index (κ1) is 11.4. The summed E-state index contributed by atoms with van der Waals surface area (Å²) in [6.45, 7) is 4.22. The third-order valence-corrected chi connectivity index (χ3v) is 2.58. The monoisotopic (exact) mass is 286 g/mol. The highest BCUT2D eigenvalue weighted by molar-refractivity contribution is 9.25. The molecule has 0 N–H and O–H groups in total. The SMILES string of the molecule is CCCC(Br)(Br)C(=O)OCC. The molecule has 0 unspecified atom stereocenters. The zero-order valence-corrected chi connectivity index (χ0v) is 9.87. The quantitative estimate of drug-likeness (QED) is 0.587. The number of rotatable bonds is 4. The molecule has 0 atom stereocenters. The van der Waals surface area contributed by atoms with Crippen LogP contribution in [0.1, 0.15) is 26.7 Å². The molecule has 0 saturated carbocycles. The predicted molar refractivity (Wildman–Crippen MR) is 52.1 cm³/mol. The predicted octanol–water partition coefficient (Wildman–Crippen LogP) is 2.84. The summed E-state index contributed by atoms with van der Waals surface area (Å²) < 4.78 is 4.15. The molecule has 0 saturated heterocycles. The Morgan fingerprint density at radius 3 is 2.36 bits per heavy atom. The zero-order chi connectivity index (χ0) is 8.91. The Kier molecular flexibility index (Phi) is 5.34. The topological polar surface area (TPSA) is 26.3 Å². The number of hydrogen-bond donors (Lipinski definition) is 0. The fraction of sp³-hybridized carbons (Fsp3) is 0.857. The van der Waals surface area contributed by atoms with E-state index in [1.54, 1.807) is 6.92 Å². The van der Waals surface area contributed by atoms with Crippen molar-refractivity contribution in [2.75, 3.05) is 6.61 Å². The van der Waals surface area contributed by atoms with Crippen LogP contribution in [-0.4, -0.2) is 15.8 Å². The second kappa shape index (κ2) is 5.14. The summed E-state index contributed by atoms with van der Waals surface area (Å²) in [5, 5.41) is 0. The number of hydrogen-bond acceptors (Lipinski definition) is 2. The van der Waals surface area contributed by atoms with Gasteiger partial charge in [0, 0.05) is 0 Å². The van der Waals surface area contributed by atoms with Crippen LogP contribution < -0.4 is 0 Å². The van der Waals surface area contributed by atoms with Gasteiger partial charge in [0.1, 0.15) is 0 Å². The maximum atomic E-state index is 11.1. The van der Waals surface area contributed by atoms with Gasteiger partial charge < -0.3 is 4.74 Å². The van der Waals surface area contributed by atoms with Gasteiger partial charge in [-0.3, -0.25) is 0 Å². The lowest BCUT2D eigenvalue weighted by molar-refractivity contribution is -0.143. The third kappa shape index (κ3) is 4.11. The van der Waals surface area contributed by atoms with Crippen LogP contribution >= 0.6 is 31.9 Å². The van der Waals surface area contributed by atoms with E-state index in [0.717, 1.165) is 12.8 Å². The van der Waals surface area contributed by atoms with Crippen LogP contribution in [0.4, 0.5) is 0 Å². The Balaban J connectivity index is 3.94. The molecule has 0 aliphatic rings. The first-order valence-electron chi connectivity index (χ1n) is 3.59. The summed E-state index contributed by atoms with van der Waals surface area (Å²) in [6.07, 6.45) is 1.65. The lowest BCUT2D eigenvalue weighted by Gasteiger charge is -2.16. The normalized spacial score (nSPS) is 11.3. The molecular formula is C7H12Br2O2. The zero-order valence-electron chi connectivity index (χ0n) is 6.69. The second-order valence-corrected chi connectivity index (χ2v) is 5.95. The molecule has 0 heterocycles. The number of esters is 1. The number of alkyl halides is 2. The van der Waals surface area contributed by atoms with Crippen LogP contribution in [0.2, 0.25) is 0 Å².